The van der Waals surface area contributed by atoms with Crippen LogP contribution in [0.2, 0.25) is 0 Å². The van der Waals surface area contributed by atoms with Crippen molar-refractivity contribution in [1.29, 1.82) is 0 Å². The first-order valence-electron chi connectivity index (χ1n) is 5.15. The summed E-state index contributed by atoms with van der Waals surface area (Å²) in [5.41, 5.74) is 0.0284. The average Bonchev–Trinajstić information content (AvgIpc) is 2.49. The molecule has 1 saturated heterocycles. The van der Waals surface area contributed by atoms with Crippen LogP contribution in [0, 0.1) is 0 Å². The van der Waals surface area contributed by atoms with Crippen molar-refractivity contribution in [3.63, 3.8) is 0 Å². The van der Waals surface area contributed by atoms with Crippen LogP contribution < -0.4 is 10.6 Å². The van der Waals surface area contributed by atoms with E-state index in [0.717, 1.165) is 19.6 Å². The van der Waals surface area contributed by atoms with Crippen LogP contribution in [0.5, 0.6) is 0 Å². The van der Waals surface area contributed by atoms with E-state index in [1.54, 1.807) is 0 Å². The molecule has 2 N–H and O–H groups in total. The molecule has 0 aromatic carbocycles. The molecule has 0 saturated carbocycles. The number of rotatable bonds is 2. The van der Waals surface area contributed by atoms with Crippen molar-refractivity contribution >= 4 is 17.3 Å². The highest BCUT2D eigenvalue weighted by Crippen LogP contribution is 2.10. The molecular formula is C10H20N2OS. The van der Waals surface area contributed by atoms with Gasteiger partial charge in [0.25, 0.3) is 0 Å². The summed E-state index contributed by atoms with van der Waals surface area (Å²) in [4.78, 5) is 0. The van der Waals surface area contributed by atoms with Crippen molar-refractivity contribution < 1.29 is 4.74 Å². The van der Waals surface area contributed by atoms with Crippen LogP contribution in [-0.4, -0.2) is 29.9 Å². The first kappa shape index (κ1) is 11.7. The lowest BCUT2D eigenvalue weighted by molar-refractivity contribution is 0.114. The van der Waals surface area contributed by atoms with Gasteiger partial charge in [0.1, 0.15) is 0 Å². The Kier molecular flexibility index (Phi) is 4.13. The second kappa shape index (κ2) is 4.94. The van der Waals surface area contributed by atoms with E-state index in [2.05, 4.69) is 31.4 Å². The molecule has 14 heavy (non-hydrogen) atoms. The topological polar surface area (TPSA) is 33.3 Å². The Balaban J connectivity index is 2.14. The van der Waals surface area contributed by atoms with E-state index < -0.39 is 0 Å². The van der Waals surface area contributed by atoms with Crippen LogP contribution in [-0.2, 0) is 4.74 Å². The Bertz CT molecular complexity index is 195. The van der Waals surface area contributed by atoms with Crippen molar-refractivity contribution in [1.82, 2.24) is 10.6 Å². The summed E-state index contributed by atoms with van der Waals surface area (Å²) >= 11 is 5.16. The first-order valence-corrected chi connectivity index (χ1v) is 5.56. The normalized spacial score (nSPS) is 22.1. The van der Waals surface area contributed by atoms with Crippen molar-refractivity contribution in [2.45, 2.75) is 45.3 Å². The minimum absolute atomic E-state index is 0.0284. The summed E-state index contributed by atoms with van der Waals surface area (Å²) in [5, 5.41) is 7.10. The lowest BCUT2D eigenvalue weighted by atomic mass is 10.1. The van der Waals surface area contributed by atoms with Crippen molar-refractivity contribution in [2.75, 3.05) is 13.2 Å². The molecule has 1 aliphatic heterocycles. The van der Waals surface area contributed by atoms with Crippen LogP contribution >= 0.6 is 12.2 Å². The maximum absolute atomic E-state index is 5.48. The van der Waals surface area contributed by atoms with E-state index in [0.29, 0.717) is 11.2 Å². The van der Waals surface area contributed by atoms with Crippen LogP contribution in [0.1, 0.15) is 33.6 Å². The van der Waals surface area contributed by atoms with E-state index in [1.807, 2.05) is 0 Å². The zero-order valence-corrected chi connectivity index (χ0v) is 10.0. The van der Waals surface area contributed by atoms with Gasteiger partial charge >= 0.3 is 0 Å². The molecule has 0 radical (unpaired) electrons. The van der Waals surface area contributed by atoms with Crippen molar-refractivity contribution in [2.24, 2.45) is 0 Å². The predicted molar refractivity (Wildman–Crippen MR) is 62.5 cm³/mol. The van der Waals surface area contributed by atoms with E-state index in [9.17, 15) is 0 Å². The molecule has 82 valence electrons. The van der Waals surface area contributed by atoms with Gasteiger partial charge in [0.15, 0.2) is 5.11 Å². The maximum Gasteiger partial charge on any atom is 0.166 e. The summed E-state index contributed by atoms with van der Waals surface area (Å²) in [5.74, 6) is 0. The van der Waals surface area contributed by atoms with Gasteiger partial charge in [-0.15, -0.1) is 0 Å². The molecule has 0 amide bonds. The summed E-state index contributed by atoms with van der Waals surface area (Å²) < 4.78 is 5.48. The van der Waals surface area contributed by atoms with Gasteiger partial charge in [-0.3, -0.25) is 0 Å². The molecule has 0 aliphatic carbocycles. The van der Waals surface area contributed by atoms with Gasteiger partial charge in [-0.25, -0.2) is 0 Å². The number of nitrogens with one attached hydrogen (secondary N) is 2. The molecule has 1 rings (SSSR count). The quantitative estimate of drug-likeness (QED) is 0.684. The third-order valence-corrected chi connectivity index (χ3v) is 2.25. The molecule has 1 aliphatic rings. The number of thiocarbonyl (C=S) groups is 1. The lowest BCUT2D eigenvalue weighted by Gasteiger charge is -2.23. The molecule has 0 aromatic heterocycles. The van der Waals surface area contributed by atoms with Crippen LogP contribution in [0.3, 0.4) is 0 Å². The standard InChI is InChI=1S/C10H20N2OS/c1-10(2,3)12-9(14)11-7-8-5-4-6-13-8/h8H,4-7H2,1-3H3,(H2,11,12,14)/t8-/m1/s1. The van der Waals surface area contributed by atoms with E-state index in [4.69, 9.17) is 17.0 Å². The van der Waals surface area contributed by atoms with E-state index in [-0.39, 0.29) is 5.54 Å². The molecule has 0 bridgehead atoms. The molecule has 0 unspecified atom stereocenters. The second-order valence-corrected chi connectivity index (χ2v) is 5.13. The van der Waals surface area contributed by atoms with Gasteiger partial charge in [-0.2, -0.15) is 0 Å². The smallest absolute Gasteiger partial charge is 0.166 e. The predicted octanol–water partition coefficient (Wildman–Crippen LogP) is 1.43. The number of hydrogen-bond donors (Lipinski definition) is 2. The minimum Gasteiger partial charge on any atom is -0.376 e. The third-order valence-electron chi connectivity index (χ3n) is 2.00. The highest BCUT2D eigenvalue weighted by atomic mass is 32.1. The van der Waals surface area contributed by atoms with Crippen molar-refractivity contribution in [3.05, 3.63) is 0 Å². The fraction of sp³-hybridized carbons (Fsp3) is 0.900. The summed E-state index contributed by atoms with van der Waals surface area (Å²) in [6.07, 6.45) is 2.66. The molecule has 4 heteroatoms. The Morgan fingerprint density at radius 2 is 2.21 bits per heavy atom. The third kappa shape index (κ3) is 4.77. The molecule has 0 spiro atoms. The molecule has 1 fully saturated rings. The SMILES string of the molecule is CC(C)(C)NC(=S)NC[C@H]1CCCO1. The zero-order valence-electron chi connectivity index (χ0n) is 9.22. The fourth-order valence-corrected chi connectivity index (χ4v) is 1.79. The number of hydrogen-bond acceptors (Lipinski definition) is 2. The molecule has 1 atom stereocenters. The molecular weight excluding hydrogens is 196 g/mol. The summed E-state index contributed by atoms with van der Waals surface area (Å²) in [6.45, 7) is 7.99. The first-order chi connectivity index (χ1) is 6.47. The fourth-order valence-electron chi connectivity index (χ4n) is 1.40. The van der Waals surface area contributed by atoms with E-state index in [1.165, 1.54) is 6.42 Å². The largest absolute Gasteiger partial charge is 0.376 e. The highest BCUT2D eigenvalue weighted by molar-refractivity contribution is 7.80. The molecule has 3 nitrogen and oxygen atoms in total. The van der Waals surface area contributed by atoms with Crippen molar-refractivity contribution in [3.8, 4) is 0 Å². The second-order valence-electron chi connectivity index (χ2n) is 4.72. The number of ether oxygens (including phenoxy) is 1. The Hall–Kier alpha value is -0.350. The lowest BCUT2D eigenvalue weighted by Crippen LogP contribution is -2.47. The van der Waals surface area contributed by atoms with Gasteiger partial charge in [0.05, 0.1) is 6.10 Å². The van der Waals surface area contributed by atoms with Crippen LogP contribution in [0.25, 0.3) is 0 Å². The highest BCUT2D eigenvalue weighted by Gasteiger charge is 2.16. The monoisotopic (exact) mass is 216 g/mol. The maximum atomic E-state index is 5.48. The van der Waals surface area contributed by atoms with Crippen LogP contribution in [0.15, 0.2) is 0 Å². The molecule has 0 aromatic rings. The Morgan fingerprint density at radius 3 is 2.71 bits per heavy atom. The summed E-state index contributed by atoms with van der Waals surface area (Å²) in [6, 6.07) is 0. The Labute approximate surface area is 91.6 Å². The van der Waals surface area contributed by atoms with E-state index >= 15 is 0 Å². The van der Waals surface area contributed by atoms with Gasteiger partial charge in [0.2, 0.25) is 0 Å². The molecule has 1 heterocycles. The average molecular weight is 216 g/mol. The van der Waals surface area contributed by atoms with Gasteiger partial charge < -0.3 is 15.4 Å². The van der Waals surface area contributed by atoms with Gasteiger partial charge in [-0.1, -0.05) is 0 Å². The summed E-state index contributed by atoms with van der Waals surface area (Å²) in [7, 11) is 0. The van der Waals surface area contributed by atoms with Crippen LogP contribution in [0.4, 0.5) is 0 Å². The van der Waals surface area contributed by atoms with Gasteiger partial charge in [0, 0.05) is 18.7 Å². The van der Waals surface area contributed by atoms with Gasteiger partial charge in [-0.05, 0) is 45.8 Å². The Morgan fingerprint density at radius 1 is 1.50 bits per heavy atom. The zero-order chi connectivity index (χ0) is 10.6. The minimum atomic E-state index is 0.0284.